The zero-order valence-corrected chi connectivity index (χ0v) is 15.8. The molecule has 2 aromatic rings. The van der Waals surface area contributed by atoms with Crippen LogP contribution in [0.3, 0.4) is 0 Å². The Bertz CT molecular complexity index is 1040. The van der Waals surface area contributed by atoms with Crippen molar-refractivity contribution in [2.45, 2.75) is 26.2 Å². The molecule has 0 saturated carbocycles. The van der Waals surface area contributed by atoms with E-state index < -0.39 is 0 Å². The molecular formula is C26H24. The summed E-state index contributed by atoms with van der Waals surface area (Å²) in [5.41, 5.74) is 11.4. The van der Waals surface area contributed by atoms with Gasteiger partial charge in [0.15, 0.2) is 0 Å². The van der Waals surface area contributed by atoms with Gasteiger partial charge in [-0.05, 0) is 65.3 Å². The quantitative estimate of drug-likeness (QED) is 0.576. The minimum Gasteiger partial charge on any atom is -0.0987 e. The van der Waals surface area contributed by atoms with E-state index in [-0.39, 0.29) is 5.41 Å². The van der Waals surface area contributed by atoms with E-state index in [0.29, 0.717) is 0 Å². The topological polar surface area (TPSA) is 0 Å². The molecule has 2 aromatic carbocycles. The SMILES string of the molecule is C=CC1=C(C=C)C2(C(/C=C\C)=C1C)c1ccccc1-c1ccc(C)cc12. The molecule has 4 rings (SSSR count). The first-order valence-electron chi connectivity index (χ1n) is 9.16. The summed E-state index contributed by atoms with van der Waals surface area (Å²) in [6, 6.07) is 15.6. The summed E-state index contributed by atoms with van der Waals surface area (Å²) in [7, 11) is 0. The maximum Gasteiger partial charge on any atom is 0.0721 e. The highest BCUT2D eigenvalue weighted by molar-refractivity contribution is 5.90. The first-order valence-corrected chi connectivity index (χ1v) is 9.16. The molecule has 0 bridgehead atoms. The van der Waals surface area contributed by atoms with Crippen molar-refractivity contribution in [3.05, 3.63) is 119 Å². The standard InChI is InChI=1S/C26H24/c1-6-11-23-18(5)19(7-2)22(8-3)26(23)24-13-10-9-12-20(24)21-15-14-17(4)16-25(21)26/h6-16H,2-3H2,1,4-5H3/b11-6-. The Hall–Kier alpha value is -2.86. The number of allylic oxidation sites excluding steroid dienone is 8. The van der Waals surface area contributed by atoms with E-state index in [2.05, 4.69) is 88.5 Å². The van der Waals surface area contributed by atoms with Crippen LogP contribution < -0.4 is 0 Å². The largest absolute Gasteiger partial charge is 0.0987 e. The molecule has 0 heterocycles. The van der Waals surface area contributed by atoms with Gasteiger partial charge in [0.2, 0.25) is 0 Å². The van der Waals surface area contributed by atoms with Crippen molar-refractivity contribution >= 4 is 0 Å². The van der Waals surface area contributed by atoms with E-state index in [4.69, 9.17) is 0 Å². The van der Waals surface area contributed by atoms with Crippen LogP contribution in [0.5, 0.6) is 0 Å². The fourth-order valence-corrected chi connectivity index (χ4v) is 4.89. The van der Waals surface area contributed by atoms with Gasteiger partial charge in [-0.2, -0.15) is 0 Å². The van der Waals surface area contributed by atoms with Crippen LogP contribution >= 0.6 is 0 Å². The number of rotatable bonds is 3. The molecule has 1 atom stereocenters. The van der Waals surface area contributed by atoms with Crippen LogP contribution in [-0.4, -0.2) is 0 Å². The van der Waals surface area contributed by atoms with Crippen molar-refractivity contribution < 1.29 is 0 Å². The lowest BCUT2D eigenvalue weighted by molar-refractivity contribution is 0.777. The van der Waals surface area contributed by atoms with Crippen LogP contribution in [0.25, 0.3) is 11.1 Å². The summed E-state index contributed by atoms with van der Waals surface area (Å²) < 4.78 is 0. The van der Waals surface area contributed by atoms with Gasteiger partial charge >= 0.3 is 0 Å². The molecule has 0 aliphatic heterocycles. The number of hydrogen-bond acceptors (Lipinski definition) is 0. The zero-order valence-electron chi connectivity index (χ0n) is 15.8. The smallest absolute Gasteiger partial charge is 0.0721 e. The van der Waals surface area contributed by atoms with Gasteiger partial charge in [0.25, 0.3) is 0 Å². The lowest BCUT2D eigenvalue weighted by atomic mass is 9.68. The van der Waals surface area contributed by atoms with Gasteiger partial charge in [0.1, 0.15) is 0 Å². The van der Waals surface area contributed by atoms with Crippen molar-refractivity contribution in [2.24, 2.45) is 0 Å². The van der Waals surface area contributed by atoms with Crippen LogP contribution in [0.2, 0.25) is 0 Å². The third-order valence-corrected chi connectivity index (χ3v) is 5.85. The lowest BCUT2D eigenvalue weighted by Gasteiger charge is -2.32. The minimum atomic E-state index is -0.292. The fraction of sp³-hybridized carbons (Fsp3) is 0.154. The van der Waals surface area contributed by atoms with Crippen LogP contribution in [-0.2, 0) is 5.41 Å². The summed E-state index contributed by atoms with van der Waals surface area (Å²) in [6.45, 7) is 14.8. The third-order valence-electron chi connectivity index (χ3n) is 5.85. The van der Waals surface area contributed by atoms with E-state index in [9.17, 15) is 0 Å². The van der Waals surface area contributed by atoms with Crippen molar-refractivity contribution in [1.29, 1.82) is 0 Å². The predicted octanol–water partition coefficient (Wildman–Crippen LogP) is 6.84. The molecule has 128 valence electrons. The molecule has 0 amide bonds. The highest BCUT2D eigenvalue weighted by atomic mass is 14.5. The zero-order chi connectivity index (χ0) is 18.5. The molecule has 0 nitrogen and oxygen atoms in total. The van der Waals surface area contributed by atoms with E-state index >= 15 is 0 Å². The van der Waals surface area contributed by atoms with Crippen LogP contribution in [0, 0.1) is 6.92 Å². The number of fused-ring (bicyclic) bond motifs is 5. The normalized spacial score (nSPS) is 20.9. The van der Waals surface area contributed by atoms with Crippen LogP contribution in [0.15, 0.2) is 102 Å². The predicted molar refractivity (Wildman–Crippen MR) is 112 cm³/mol. The molecule has 2 aliphatic rings. The summed E-state index contributed by atoms with van der Waals surface area (Å²) in [6.07, 6.45) is 8.43. The molecule has 2 aliphatic carbocycles. The van der Waals surface area contributed by atoms with Gasteiger partial charge in [-0.15, -0.1) is 0 Å². The highest BCUT2D eigenvalue weighted by Gasteiger charge is 2.51. The van der Waals surface area contributed by atoms with E-state index in [1.54, 1.807) is 0 Å². The maximum atomic E-state index is 4.20. The summed E-state index contributed by atoms with van der Waals surface area (Å²) in [5.74, 6) is 0. The molecule has 0 radical (unpaired) electrons. The molecule has 1 spiro atoms. The lowest BCUT2D eigenvalue weighted by Crippen LogP contribution is -2.27. The Labute approximate surface area is 156 Å². The maximum absolute atomic E-state index is 4.20. The molecule has 0 fully saturated rings. The monoisotopic (exact) mass is 336 g/mol. The van der Waals surface area contributed by atoms with Gasteiger partial charge in [-0.25, -0.2) is 0 Å². The molecule has 0 N–H and O–H groups in total. The molecular weight excluding hydrogens is 312 g/mol. The summed E-state index contributed by atoms with van der Waals surface area (Å²) >= 11 is 0. The van der Waals surface area contributed by atoms with E-state index in [0.717, 1.165) is 0 Å². The van der Waals surface area contributed by atoms with E-state index in [1.165, 1.54) is 50.1 Å². The highest BCUT2D eigenvalue weighted by Crippen LogP contribution is 2.61. The fourth-order valence-electron chi connectivity index (χ4n) is 4.89. The van der Waals surface area contributed by atoms with Gasteiger partial charge in [0, 0.05) is 0 Å². The Morgan fingerprint density at radius 3 is 2.27 bits per heavy atom. The van der Waals surface area contributed by atoms with Gasteiger partial charge in [-0.1, -0.05) is 85.5 Å². The molecule has 26 heavy (non-hydrogen) atoms. The van der Waals surface area contributed by atoms with Crippen LogP contribution in [0.1, 0.15) is 30.5 Å². The van der Waals surface area contributed by atoms with Crippen molar-refractivity contribution in [1.82, 2.24) is 0 Å². The van der Waals surface area contributed by atoms with Crippen molar-refractivity contribution in [3.63, 3.8) is 0 Å². The number of benzene rings is 2. The van der Waals surface area contributed by atoms with Gasteiger partial charge < -0.3 is 0 Å². The van der Waals surface area contributed by atoms with Crippen molar-refractivity contribution in [3.8, 4) is 11.1 Å². The first-order chi connectivity index (χ1) is 12.6. The number of aryl methyl sites for hydroxylation is 1. The van der Waals surface area contributed by atoms with Crippen molar-refractivity contribution in [2.75, 3.05) is 0 Å². The Morgan fingerprint density at radius 1 is 0.846 bits per heavy atom. The second-order valence-corrected chi connectivity index (χ2v) is 7.12. The third kappa shape index (κ3) is 1.85. The van der Waals surface area contributed by atoms with Crippen LogP contribution in [0.4, 0.5) is 0 Å². The van der Waals surface area contributed by atoms with Gasteiger partial charge in [-0.3, -0.25) is 0 Å². The second-order valence-electron chi connectivity index (χ2n) is 7.12. The average molecular weight is 336 g/mol. The summed E-state index contributed by atoms with van der Waals surface area (Å²) in [4.78, 5) is 0. The number of hydrogen-bond donors (Lipinski definition) is 0. The molecule has 0 saturated heterocycles. The molecule has 0 aromatic heterocycles. The first kappa shape index (κ1) is 16.6. The Balaban J connectivity index is 2.25. The van der Waals surface area contributed by atoms with E-state index in [1.807, 2.05) is 12.2 Å². The summed E-state index contributed by atoms with van der Waals surface area (Å²) in [5, 5.41) is 0. The average Bonchev–Trinajstić information content (AvgIpc) is 3.07. The second kappa shape index (κ2) is 5.85. The van der Waals surface area contributed by atoms with Gasteiger partial charge in [0.05, 0.1) is 5.41 Å². The minimum absolute atomic E-state index is 0.292. The Morgan fingerprint density at radius 2 is 1.58 bits per heavy atom. The molecule has 1 unspecified atom stereocenters. The molecule has 0 heteroatoms. The Kier molecular flexibility index (Phi) is 3.73.